The van der Waals surface area contributed by atoms with Crippen LogP contribution in [-0.2, 0) is 14.3 Å². The summed E-state index contributed by atoms with van der Waals surface area (Å²) in [4.78, 5) is 19.4. The first-order chi connectivity index (χ1) is 8.64. The molecular weight excluding hydrogens is 267 g/mol. The third-order valence-electron chi connectivity index (χ3n) is 2.15. The van der Waals surface area contributed by atoms with Crippen LogP contribution in [0, 0.1) is 0 Å². The van der Waals surface area contributed by atoms with Crippen molar-refractivity contribution in [1.29, 1.82) is 0 Å². The van der Waals surface area contributed by atoms with Gasteiger partial charge in [0, 0.05) is 21.0 Å². The Bertz CT molecular complexity index is 431. The SMILES string of the molecule is CCOC(=O)C1(C(F)(F)F)N=C(C)OC(N(C)C)=N1. The van der Waals surface area contributed by atoms with Gasteiger partial charge in [0.2, 0.25) is 0 Å². The minimum absolute atomic E-state index is 0.209. The van der Waals surface area contributed by atoms with Crippen molar-refractivity contribution in [2.45, 2.75) is 25.7 Å². The molecule has 0 saturated heterocycles. The molecule has 6 nitrogen and oxygen atoms in total. The molecule has 1 rings (SSSR count). The van der Waals surface area contributed by atoms with Crippen LogP contribution in [0.5, 0.6) is 0 Å². The Labute approximate surface area is 107 Å². The molecular formula is C10H14F3N3O3. The van der Waals surface area contributed by atoms with Crippen LogP contribution in [0.2, 0.25) is 0 Å². The average Bonchev–Trinajstić information content (AvgIpc) is 2.26. The Kier molecular flexibility index (Phi) is 4.06. The predicted molar refractivity (Wildman–Crippen MR) is 60.7 cm³/mol. The van der Waals surface area contributed by atoms with Crippen LogP contribution in [0.3, 0.4) is 0 Å². The van der Waals surface area contributed by atoms with E-state index < -0.39 is 17.8 Å². The third kappa shape index (κ3) is 2.79. The molecule has 0 spiro atoms. The number of rotatable bonds is 2. The van der Waals surface area contributed by atoms with Gasteiger partial charge in [-0.3, -0.25) is 0 Å². The molecule has 1 aliphatic rings. The fourth-order valence-corrected chi connectivity index (χ4v) is 1.33. The van der Waals surface area contributed by atoms with Crippen molar-refractivity contribution < 1.29 is 27.4 Å². The highest BCUT2D eigenvalue weighted by atomic mass is 19.4. The van der Waals surface area contributed by atoms with E-state index in [9.17, 15) is 18.0 Å². The number of esters is 1. The van der Waals surface area contributed by atoms with Gasteiger partial charge in [-0.15, -0.1) is 0 Å². The van der Waals surface area contributed by atoms with Gasteiger partial charge in [-0.25, -0.2) is 9.79 Å². The first-order valence-electron chi connectivity index (χ1n) is 5.39. The summed E-state index contributed by atoms with van der Waals surface area (Å²) in [5.74, 6) is -1.89. The lowest BCUT2D eigenvalue weighted by molar-refractivity contribution is -0.204. The molecule has 108 valence electrons. The molecule has 19 heavy (non-hydrogen) atoms. The maximum Gasteiger partial charge on any atom is 0.446 e. The molecule has 1 unspecified atom stereocenters. The Morgan fingerprint density at radius 3 is 2.42 bits per heavy atom. The zero-order chi connectivity index (χ0) is 14.8. The minimum atomic E-state index is -5.02. The highest BCUT2D eigenvalue weighted by Crippen LogP contribution is 2.38. The lowest BCUT2D eigenvalue weighted by Gasteiger charge is -2.31. The molecule has 1 heterocycles. The summed E-state index contributed by atoms with van der Waals surface area (Å²) in [6.45, 7) is 2.39. The Morgan fingerprint density at radius 1 is 1.42 bits per heavy atom. The van der Waals surface area contributed by atoms with Gasteiger partial charge in [0.25, 0.3) is 6.02 Å². The zero-order valence-corrected chi connectivity index (χ0v) is 10.9. The van der Waals surface area contributed by atoms with Crippen LogP contribution in [0.4, 0.5) is 13.2 Å². The molecule has 0 aromatic rings. The van der Waals surface area contributed by atoms with E-state index in [1.165, 1.54) is 32.8 Å². The van der Waals surface area contributed by atoms with Crippen LogP contribution in [0.25, 0.3) is 0 Å². The van der Waals surface area contributed by atoms with Crippen molar-refractivity contribution in [3.05, 3.63) is 0 Å². The van der Waals surface area contributed by atoms with Crippen LogP contribution < -0.4 is 0 Å². The first kappa shape index (κ1) is 15.3. The molecule has 0 bridgehead atoms. The molecule has 0 fully saturated rings. The van der Waals surface area contributed by atoms with E-state index in [0.29, 0.717) is 0 Å². The van der Waals surface area contributed by atoms with Gasteiger partial charge in [-0.2, -0.15) is 18.2 Å². The summed E-state index contributed by atoms with van der Waals surface area (Å²) in [6.07, 6.45) is -5.02. The van der Waals surface area contributed by atoms with Crippen LogP contribution in [-0.4, -0.2) is 55.3 Å². The third-order valence-corrected chi connectivity index (χ3v) is 2.15. The first-order valence-corrected chi connectivity index (χ1v) is 5.39. The lowest BCUT2D eigenvalue weighted by atomic mass is 10.1. The van der Waals surface area contributed by atoms with Gasteiger partial charge in [0.15, 0.2) is 5.90 Å². The Balaban J connectivity index is 3.38. The fourth-order valence-electron chi connectivity index (χ4n) is 1.33. The topological polar surface area (TPSA) is 63.5 Å². The molecule has 0 aliphatic carbocycles. The minimum Gasteiger partial charge on any atom is -0.462 e. The number of aliphatic imine (C=N–C) groups is 2. The second-order valence-electron chi connectivity index (χ2n) is 3.91. The van der Waals surface area contributed by atoms with Crippen LogP contribution >= 0.6 is 0 Å². The number of ether oxygens (including phenoxy) is 2. The van der Waals surface area contributed by atoms with Gasteiger partial charge >= 0.3 is 17.8 Å². The number of hydrogen-bond donors (Lipinski definition) is 0. The quantitative estimate of drug-likeness (QED) is 0.713. The van der Waals surface area contributed by atoms with Gasteiger partial charge < -0.3 is 14.4 Å². The molecule has 9 heteroatoms. The summed E-state index contributed by atoms with van der Waals surface area (Å²) in [6, 6.07) is -0.363. The van der Waals surface area contributed by atoms with E-state index in [0.717, 1.165) is 0 Å². The number of carbonyl (C=O) groups excluding carboxylic acids is 1. The normalized spacial score (nSPS) is 23.1. The molecule has 0 aromatic carbocycles. The number of alkyl halides is 3. The number of nitrogens with zero attached hydrogens (tertiary/aromatic N) is 3. The second-order valence-corrected chi connectivity index (χ2v) is 3.91. The van der Waals surface area contributed by atoms with Gasteiger partial charge in [0.1, 0.15) is 0 Å². The van der Waals surface area contributed by atoms with Crippen molar-refractivity contribution in [3.63, 3.8) is 0 Å². The smallest absolute Gasteiger partial charge is 0.446 e. The van der Waals surface area contributed by atoms with Gasteiger partial charge in [-0.1, -0.05) is 0 Å². The van der Waals surface area contributed by atoms with E-state index in [-0.39, 0.29) is 18.5 Å². The van der Waals surface area contributed by atoms with Crippen molar-refractivity contribution in [3.8, 4) is 0 Å². The maximum absolute atomic E-state index is 13.2. The van der Waals surface area contributed by atoms with Crippen LogP contribution in [0.15, 0.2) is 9.98 Å². The van der Waals surface area contributed by atoms with E-state index >= 15 is 0 Å². The summed E-state index contributed by atoms with van der Waals surface area (Å²) in [5.41, 5.74) is -3.30. The summed E-state index contributed by atoms with van der Waals surface area (Å²) in [7, 11) is 2.87. The maximum atomic E-state index is 13.2. The highest BCUT2D eigenvalue weighted by Gasteiger charge is 2.65. The molecule has 1 aliphatic heterocycles. The number of halogens is 3. The van der Waals surface area contributed by atoms with E-state index in [1.54, 1.807) is 0 Å². The molecule has 0 N–H and O–H groups in total. The molecule has 0 saturated carbocycles. The summed E-state index contributed by atoms with van der Waals surface area (Å²) < 4.78 is 49.0. The number of amidine groups is 1. The summed E-state index contributed by atoms with van der Waals surface area (Å²) >= 11 is 0. The van der Waals surface area contributed by atoms with Crippen molar-refractivity contribution in [2.75, 3.05) is 20.7 Å². The standard InChI is InChI=1S/C10H14F3N3O3/c1-5-18-7(17)9(10(11,12)13)14-6(2)19-8(15-9)16(3)4/h5H2,1-4H3. The van der Waals surface area contributed by atoms with E-state index in [4.69, 9.17) is 4.74 Å². The fraction of sp³-hybridized carbons (Fsp3) is 0.700. The van der Waals surface area contributed by atoms with E-state index in [1.807, 2.05) is 0 Å². The predicted octanol–water partition coefficient (Wildman–Crippen LogP) is 1.17. The number of hydrogen-bond acceptors (Lipinski definition) is 6. The van der Waals surface area contributed by atoms with Crippen LogP contribution in [0.1, 0.15) is 13.8 Å². The highest BCUT2D eigenvalue weighted by molar-refractivity contribution is 5.96. The van der Waals surface area contributed by atoms with Gasteiger partial charge in [-0.05, 0) is 6.92 Å². The second kappa shape index (κ2) is 5.06. The molecule has 0 radical (unpaired) electrons. The Morgan fingerprint density at radius 2 is 2.00 bits per heavy atom. The molecule has 0 aromatic heterocycles. The van der Waals surface area contributed by atoms with Crippen molar-refractivity contribution in [2.24, 2.45) is 9.98 Å². The Hall–Kier alpha value is -1.80. The molecule has 0 amide bonds. The monoisotopic (exact) mass is 281 g/mol. The molecule has 1 atom stereocenters. The van der Waals surface area contributed by atoms with Gasteiger partial charge in [0.05, 0.1) is 6.61 Å². The average molecular weight is 281 g/mol. The zero-order valence-electron chi connectivity index (χ0n) is 10.9. The number of carbonyl (C=O) groups is 1. The van der Waals surface area contributed by atoms with E-state index in [2.05, 4.69) is 14.7 Å². The summed E-state index contributed by atoms with van der Waals surface area (Å²) in [5, 5.41) is 0. The van der Waals surface area contributed by atoms with Crippen molar-refractivity contribution in [1.82, 2.24) is 4.90 Å². The lowest BCUT2D eigenvalue weighted by Crippen LogP contribution is -2.54. The largest absolute Gasteiger partial charge is 0.462 e. The van der Waals surface area contributed by atoms with Crippen molar-refractivity contribution >= 4 is 17.9 Å².